The molecule has 1 aromatic heterocycles. The number of aromatic nitrogens is 2. The first kappa shape index (κ1) is 17.3. The van der Waals surface area contributed by atoms with Crippen molar-refractivity contribution in [1.29, 1.82) is 0 Å². The number of nitrogens with zero attached hydrogens (tertiary/aromatic N) is 2. The number of carbonyl (C=O) groups is 1. The molecule has 5 nitrogen and oxygen atoms in total. The topological polar surface area (TPSA) is 66.9 Å². The highest BCUT2D eigenvalue weighted by molar-refractivity contribution is 5.92. The van der Waals surface area contributed by atoms with Crippen LogP contribution in [0.1, 0.15) is 49.0 Å². The van der Waals surface area contributed by atoms with Crippen LogP contribution in [0.25, 0.3) is 0 Å². The van der Waals surface area contributed by atoms with Crippen molar-refractivity contribution in [3.63, 3.8) is 0 Å². The number of hydrogen-bond donors (Lipinski definition) is 2. The maximum atomic E-state index is 13.6. The summed E-state index contributed by atoms with van der Waals surface area (Å²) in [7, 11) is 0. The minimum Gasteiger partial charge on any atom is -0.348 e. The molecule has 25 heavy (non-hydrogen) atoms. The Bertz CT molecular complexity index is 708. The van der Waals surface area contributed by atoms with Gasteiger partial charge in [-0.1, -0.05) is 31.7 Å². The summed E-state index contributed by atoms with van der Waals surface area (Å²) in [6, 6.07) is 6.70. The molecule has 1 fully saturated rings. The molecule has 7 heteroatoms. The Morgan fingerprint density at radius 3 is 2.24 bits per heavy atom. The van der Waals surface area contributed by atoms with E-state index in [1.165, 1.54) is 31.0 Å². The van der Waals surface area contributed by atoms with Crippen molar-refractivity contribution >= 4 is 17.4 Å². The van der Waals surface area contributed by atoms with E-state index in [9.17, 15) is 13.6 Å². The van der Waals surface area contributed by atoms with Crippen LogP contribution in [0.4, 0.5) is 20.3 Å². The Hall–Kier alpha value is -2.57. The third kappa shape index (κ3) is 4.49. The lowest BCUT2D eigenvalue weighted by Gasteiger charge is -2.15. The monoisotopic (exact) mass is 346 g/mol. The number of amides is 1. The molecular weight excluding hydrogens is 326 g/mol. The molecule has 2 N–H and O–H groups in total. The number of halogens is 2. The second-order valence-electron chi connectivity index (χ2n) is 6.19. The molecule has 0 saturated heterocycles. The molecule has 132 valence electrons. The van der Waals surface area contributed by atoms with Crippen molar-refractivity contribution in [2.24, 2.45) is 0 Å². The Labute approximate surface area is 144 Å². The van der Waals surface area contributed by atoms with Gasteiger partial charge in [0.25, 0.3) is 5.91 Å². The number of anilines is 2. The van der Waals surface area contributed by atoms with Crippen LogP contribution in [-0.4, -0.2) is 22.1 Å². The minimum atomic E-state index is -0.725. The van der Waals surface area contributed by atoms with Gasteiger partial charge in [0.2, 0.25) is 0 Å². The first-order valence-corrected chi connectivity index (χ1v) is 8.49. The van der Waals surface area contributed by atoms with Gasteiger partial charge in [-0.2, -0.15) is 0 Å². The summed E-state index contributed by atoms with van der Waals surface area (Å²) in [4.78, 5) is 12.2. The van der Waals surface area contributed by atoms with Gasteiger partial charge in [-0.3, -0.25) is 4.79 Å². The molecule has 1 saturated carbocycles. The zero-order valence-electron chi connectivity index (χ0n) is 13.8. The van der Waals surface area contributed by atoms with E-state index in [-0.39, 0.29) is 29.1 Å². The molecular formula is C18H20F2N4O. The molecule has 1 aliphatic carbocycles. The number of benzene rings is 1. The van der Waals surface area contributed by atoms with E-state index in [1.54, 1.807) is 0 Å². The SMILES string of the molecule is O=C(NC1CCCCCC1)c1ccc(Nc2c(F)cccc2F)nn1. The highest BCUT2D eigenvalue weighted by atomic mass is 19.1. The van der Waals surface area contributed by atoms with Gasteiger partial charge in [-0.15, -0.1) is 10.2 Å². The smallest absolute Gasteiger partial charge is 0.272 e. The lowest BCUT2D eigenvalue weighted by Crippen LogP contribution is -2.35. The molecule has 1 heterocycles. The molecule has 0 atom stereocenters. The Kier molecular flexibility index (Phi) is 5.53. The number of para-hydroxylation sites is 1. The molecule has 2 aromatic rings. The first-order valence-electron chi connectivity index (χ1n) is 8.49. The van der Waals surface area contributed by atoms with Gasteiger partial charge < -0.3 is 10.6 Å². The Balaban J connectivity index is 1.64. The van der Waals surface area contributed by atoms with Gasteiger partial charge in [-0.25, -0.2) is 8.78 Å². The first-order chi connectivity index (χ1) is 12.1. The number of carbonyl (C=O) groups excluding carboxylic acids is 1. The van der Waals surface area contributed by atoms with Gasteiger partial charge in [-0.05, 0) is 37.1 Å². The second kappa shape index (κ2) is 8.00. The predicted molar refractivity (Wildman–Crippen MR) is 90.6 cm³/mol. The molecule has 0 spiro atoms. The molecule has 0 bridgehead atoms. The lowest BCUT2D eigenvalue weighted by atomic mass is 10.1. The lowest BCUT2D eigenvalue weighted by molar-refractivity contribution is 0.0927. The van der Waals surface area contributed by atoms with Gasteiger partial charge >= 0.3 is 0 Å². The van der Waals surface area contributed by atoms with Crippen LogP contribution < -0.4 is 10.6 Å². The van der Waals surface area contributed by atoms with Crippen LogP contribution in [0.3, 0.4) is 0 Å². The van der Waals surface area contributed by atoms with Crippen LogP contribution in [0, 0.1) is 11.6 Å². The molecule has 1 aromatic carbocycles. The van der Waals surface area contributed by atoms with Gasteiger partial charge in [0.1, 0.15) is 17.3 Å². The van der Waals surface area contributed by atoms with E-state index in [4.69, 9.17) is 0 Å². The summed E-state index contributed by atoms with van der Waals surface area (Å²) in [6.07, 6.45) is 6.61. The fraction of sp³-hybridized carbons (Fsp3) is 0.389. The summed E-state index contributed by atoms with van der Waals surface area (Å²) in [5.41, 5.74) is -0.115. The van der Waals surface area contributed by atoms with Crippen molar-refractivity contribution in [3.8, 4) is 0 Å². The average Bonchev–Trinajstić information content (AvgIpc) is 2.87. The quantitative estimate of drug-likeness (QED) is 0.823. The maximum absolute atomic E-state index is 13.6. The van der Waals surface area contributed by atoms with Crippen molar-refractivity contribution in [1.82, 2.24) is 15.5 Å². The summed E-state index contributed by atoms with van der Waals surface area (Å²) in [5.74, 6) is -1.56. The molecule has 0 unspecified atom stereocenters. The van der Waals surface area contributed by atoms with E-state index >= 15 is 0 Å². The van der Waals surface area contributed by atoms with Crippen molar-refractivity contribution in [3.05, 3.63) is 47.7 Å². The van der Waals surface area contributed by atoms with Crippen LogP contribution >= 0.6 is 0 Å². The zero-order valence-corrected chi connectivity index (χ0v) is 13.8. The standard InChI is InChI=1S/C18H20F2N4O/c19-13-8-5-9-14(20)17(13)22-16-11-10-15(23-24-16)18(25)21-12-6-3-1-2-4-7-12/h5,8-12H,1-4,6-7H2,(H,21,25)(H,22,24). The summed E-state index contributed by atoms with van der Waals surface area (Å²) >= 11 is 0. The number of rotatable bonds is 4. The van der Waals surface area contributed by atoms with Crippen LogP contribution in [0.15, 0.2) is 30.3 Å². The third-order valence-electron chi connectivity index (χ3n) is 4.30. The molecule has 0 radical (unpaired) electrons. The minimum absolute atomic E-state index is 0.162. The third-order valence-corrected chi connectivity index (χ3v) is 4.30. The van der Waals surface area contributed by atoms with Crippen LogP contribution in [-0.2, 0) is 0 Å². The average molecular weight is 346 g/mol. The van der Waals surface area contributed by atoms with E-state index in [1.807, 2.05) is 0 Å². The van der Waals surface area contributed by atoms with Crippen molar-refractivity contribution < 1.29 is 13.6 Å². The van der Waals surface area contributed by atoms with Gasteiger partial charge in [0, 0.05) is 6.04 Å². The Morgan fingerprint density at radius 2 is 1.64 bits per heavy atom. The Morgan fingerprint density at radius 1 is 0.960 bits per heavy atom. The molecule has 1 amide bonds. The summed E-state index contributed by atoms with van der Waals surface area (Å²) < 4.78 is 27.2. The van der Waals surface area contributed by atoms with Crippen molar-refractivity contribution in [2.75, 3.05) is 5.32 Å². The second-order valence-corrected chi connectivity index (χ2v) is 6.19. The van der Waals surface area contributed by atoms with E-state index < -0.39 is 11.6 Å². The van der Waals surface area contributed by atoms with Crippen LogP contribution in [0.2, 0.25) is 0 Å². The highest BCUT2D eigenvalue weighted by Gasteiger charge is 2.17. The molecule has 3 rings (SSSR count). The zero-order chi connectivity index (χ0) is 17.6. The van der Waals surface area contributed by atoms with Gasteiger partial charge in [0.15, 0.2) is 11.5 Å². The van der Waals surface area contributed by atoms with E-state index in [0.717, 1.165) is 37.8 Å². The maximum Gasteiger partial charge on any atom is 0.272 e. The molecule has 1 aliphatic rings. The van der Waals surface area contributed by atoms with Crippen molar-refractivity contribution in [2.45, 2.75) is 44.6 Å². The summed E-state index contributed by atoms with van der Waals surface area (Å²) in [5, 5.41) is 13.2. The normalized spacial score (nSPS) is 15.4. The predicted octanol–water partition coefficient (Wildman–Crippen LogP) is 3.95. The van der Waals surface area contributed by atoms with E-state index in [0.29, 0.717) is 0 Å². The number of nitrogens with one attached hydrogen (secondary N) is 2. The van der Waals surface area contributed by atoms with Crippen LogP contribution in [0.5, 0.6) is 0 Å². The largest absolute Gasteiger partial charge is 0.348 e. The number of hydrogen-bond acceptors (Lipinski definition) is 4. The fourth-order valence-corrected chi connectivity index (χ4v) is 2.95. The molecule has 0 aliphatic heterocycles. The summed E-state index contributed by atoms with van der Waals surface area (Å²) in [6.45, 7) is 0. The fourth-order valence-electron chi connectivity index (χ4n) is 2.95. The van der Waals surface area contributed by atoms with E-state index in [2.05, 4.69) is 20.8 Å². The van der Waals surface area contributed by atoms with Gasteiger partial charge in [0.05, 0.1) is 0 Å². The highest BCUT2D eigenvalue weighted by Crippen LogP contribution is 2.22.